The quantitative estimate of drug-likeness (QED) is 0.221. The molecule has 0 saturated heterocycles. The molecule has 0 atom stereocenters. The molecule has 0 heterocycles. The molecule has 0 aromatic heterocycles. The van der Waals surface area contributed by atoms with E-state index in [0.29, 0.717) is 0 Å². The van der Waals surface area contributed by atoms with Crippen molar-refractivity contribution in [3.8, 4) is 22.3 Å². The summed E-state index contributed by atoms with van der Waals surface area (Å²) in [7, 11) is 0. The molecule has 0 aliphatic heterocycles. The van der Waals surface area contributed by atoms with Crippen LogP contribution in [0, 0.1) is 13.6 Å². The molecule has 2 heteroatoms. The average molecular weight is 570 g/mol. The van der Waals surface area contributed by atoms with Gasteiger partial charge >= 0.3 is 0 Å². The van der Waals surface area contributed by atoms with E-state index in [2.05, 4.69) is 149 Å². The van der Waals surface area contributed by atoms with E-state index in [1.54, 1.807) is 0 Å². The van der Waals surface area contributed by atoms with Gasteiger partial charge in [-0.25, -0.2) is 0 Å². The Kier molecular flexibility index (Phi) is 5.93. The molecule has 0 spiro atoms. The van der Waals surface area contributed by atoms with Crippen molar-refractivity contribution in [1.82, 2.24) is 0 Å². The SMILES string of the molecule is Ic1ccc(-c2ccccc2[C]c2ccccc2-c2ccc(I)cc2)cc1. The third-order valence-electron chi connectivity index (χ3n) is 4.43. The summed E-state index contributed by atoms with van der Waals surface area (Å²) in [5, 5.41) is 0. The Morgan fingerprint density at radius 3 is 1.22 bits per heavy atom. The van der Waals surface area contributed by atoms with Crippen molar-refractivity contribution < 1.29 is 0 Å². The first-order chi connectivity index (χ1) is 13.2. The van der Waals surface area contributed by atoms with Crippen molar-refractivity contribution in [2.75, 3.05) is 0 Å². The van der Waals surface area contributed by atoms with E-state index in [1.165, 1.54) is 29.4 Å². The van der Waals surface area contributed by atoms with Crippen LogP contribution in [-0.4, -0.2) is 0 Å². The topological polar surface area (TPSA) is 0 Å². The summed E-state index contributed by atoms with van der Waals surface area (Å²) in [6.45, 7) is 0. The normalized spacial score (nSPS) is 10.7. The van der Waals surface area contributed by atoms with E-state index in [-0.39, 0.29) is 0 Å². The van der Waals surface area contributed by atoms with Crippen LogP contribution in [0.4, 0.5) is 0 Å². The highest BCUT2D eigenvalue weighted by molar-refractivity contribution is 14.1. The predicted molar refractivity (Wildman–Crippen MR) is 131 cm³/mol. The van der Waals surface area contributed by atoms with Crippen molar-refractivity contribution in [3.63, 3.8) is 0 Å². The number of hydrogen-bond donors (Lipinski definition) is 0. The zero-order chi connectivity index (χ0) is 18.6. The molecule has 2 radical (unpaired) electrons. The van der Waals surface area contributed by atoms with E-state index in [0.717, 1.165) is 11.1 Å². The van der Waals surface area contributed by atoms with E-state index in [1.807, 2.05) is 0 Å². The van der Waals surface area contributed by atoms with Crippen molar-refractivity contribution in [2.24, 2.45) is 0 Å². The fraction of sp³-hybridized carbons (Fsp3) is 0. The van der Waals surface area contributed by atoms with Gasteiger partial charge in [-0.3, -0.25) is 0 Å². The van der Waals surface area contributed by atoms with Gasteiger partial charge in [0.1, 0.15) is 0 Å². The lowest BCUT2D eigenvalue weighted by atomic mass is 9.91. The van der Waals surface area contributed by atoms with Gasteiger partial charge in [0.2, 0.25) is 0 Å². The molecular formula is C25H16I2. The van der Waals surface area contributed by atoms with Gasteiger partial charge < -0.3 is 0 Å². The Hall–Kier alpha value is -1.66. The molecule has 0 aliphatic carbocycles. The Morgan fingerprint density at radius 2 is 0.815 bits per heavy atom. The molecule has 4 aromatic carbocycles. The highest BCUT2D eigenvalue weighted by Gasteiger charge is 2.10. The van der Waals surface area contributed by atoms with E-state index in [4.69, 9.17) is 0 Å². The molecule has 0 N–H and O–H groups in total. The minimum atomic E-state index is 1.11. The number of halogens is 2. The molecule has 0 saturated carbocycles. The van der Waals surface area contributed by atoms with Gasteiger partial charge in [-0.1, -0.05) is 72.8 Å². The van der Waals surface area contributed by atoms with Crippen molar-refractivity contribution in [2.45, 2.75) is 0 Å². The average Bonchev–Trinajstić information content (AvgIpc) is 2.70. The van der Waals surface area contributed by atoms with E-state index in [9.17, 15) is 0 Å². The number of rotatable bonds is 4. The molecule has 130 valence electrons. The standard InChI is InChI=1S/C25H16I2/c26-22-13-9-18(10-14-22)24-7-3-1-5-20(24)17-21-6-2-4-8-25(21)19-11-15-23(27)16-12-19/h1-16H. The second-order valence-corrected chi connectivity index (χ2v) is 8.72. The third-order valence-corrected chi connectivity index (χ3v) is 5.87. The molecule has 4 aromatic rings. The largest absolute Gasteiger partial charge is 0.0619 e. The molecule has 0 amide bonds. The Labute approximate surface area is 187 Å². The molecule has 0 nitrogen and oxygen atoms in total. The maximum Gasteiger partial charge on any atom is 0.0514 e. The van der Waals surface area contributed by atoms with Crippen LogP contribution >= 0.6 is 45.2 Å². The van der Waals surface area contributed by atoms with E-state index >= 15 is 0 Å². The molecule has 27 heavy (non-hydrogen) atoms. The fourth-order valence-electron chi connectivity index (χ4n) is 3.09. The van der Waals surface area contributed by atoms with E-state index < -0.39 is 0 Å². The first-order valence-electron chi connectivity index (χ1n) is 8.68. The first kappa shape index (κ1) is 18.7. The van der Waals surface area contributed by atoms with Gasteiger partial charge in [0, 0.05) is 7.14 Å². The highest BCUT2D eigenvalue weighted by atomic mass is 127. The highest BCUT2D eigenvalue weighted by Crippen LogP contribution is 2.31. The zero-order valence-corrected chi connectivity index (χ0v) is 18.8. The maximum absolute atomic E-state index is 3.66. The van der Waals surface area contributed by atoms with Crippen molar-refractivity contribution in [3.05, 3.63) is 122 Å². The van der Waals surface area contributed by atoms with Crippen LogP contribution in [-0.2, 0) is 0 Å². The number of benzene rings is 4. The monoisotopic (exact) mass is 570 g/mol. The van der Waals surface area contributed by atoms with Gasteiger partial charge in [-0.05, 0) is 103 Å². The maximum atomic E-state index is 3.66. The summed E-state index contributed by atoms with van der Waals surface area (Å²) in [6.07, 6.45) is 3.66. The summed E-state index contributed by atoms with van der Waals surface area (Å²) in [5.74, 6) is 0. The minimum absolute atomic E-state index is 1.11. The Bertz CT molecular complexity index is 961. The van der Waals surface area contributed by atoms with Crippen LogP contribution in [0.1, 0.15) is 11.1 Å². The van der Waals surface area contributed by atoms with Crippen LogP contribution in [0.15, 0.2) is 97.1 Å². The summed E-state index contributed by atoms with van der Waals surface area (Å²) in [5.41, 5.74) is 7.04. The summed E-state index contributed by atoms with van der Waals surface area (Å²) < 4.78 is 2.48. The molecule has 0 bridgehead atoms. The van der Waals surface area contributed by atoms with Crippen molar-refractivity contribution >= 4 is 45.2 Å². The van der Waals surface area contributed by atoms with Gasteiger partial charge in [0.15, 0.2) is 0 Å². The molecule has 4 rings (SSSR count). The Morgan fingerprint density at radius 1 is 0.444 bits per heavy atom. The predicted octanol–water partition coefficient (Wildman–Crippen LogP) is 7.71. The lowest BCUT2D eigenvalue weighted by Gasteiger charge is -2.13. The van der Waals surface area contributed by atoms with Gasteiger partial charge in [0.25, 0.3) is 0 Å². The van der Waals surface area contributed by atoms with Crippen LogP contribution < -0.4 is 0 Å². The molecule has 0 unspecified atom stereocenters. The van der Waals surface area contributed by atoms with Crippen LogP contribution in [0.3, 0.4) is 0 Å². The lowest BCUT2D eigenvalue weighted by molar-refractivity contribution is 1.42. The number of hydrogen-bond acceptors (Lipinski definition) is 0. The summed E-state index contributed by atoms with van der Waals surface area (Å²) in [4.78, 5) is 0. The zero-order valence-electron chi connectivity index (χ0n) is 14.5. The van der Waals surface area contributed by atoms with Gasteiger partial charge in [-0.2, -0.15) is 0 Å². The third kappa shape index (κ3) is 4.43. The molecular weight excluding hydrogens is 554 g/mol. The second-order valence-electron chi connectivity index (χ2n) is 6.23. The lowest BCUT2D eigenvalue weighted by Crippen LogP contribution is -1.93. The summed E-state index contributed by atoms with van der Waals surface area (Å²) >= 11 is 4.68. The molecule has 0 fully saturated rings. The minimum Gasteiger partial charge on any atom is -0.0619 e. The van der Waals surface area contributed by atoms with Crippen LogP contribution in [0.25, 0.3) is 22.3 Å². The summed E-state index contributed by atoms with van der Waals surface area (Å²) in [6, 6.07) is 34.2. The smallest absolute Gasteiger partial charge is 0.0514 e. The molecule has 0 aliphatic rings. The van der Waals surface area contributed by atoms with Crippen LogP contribution in [0.2, 0.25) is 0 Å². The first-order valence-corrected chi connectivity index (χ1v) is 10.8. The van der Waals surface area contributed by atoms with Gasteiger partial charge in [0.05, 0.1) is 6.42 Å². The second kappa shape index (κ2) is 8.57. The van der Waals surface area contributed by atoms with Crippen molar-refractivity contribution in [1.29, 1.82) is 0 Å². The van der Waals surface area contributed by atoms with Gasteiger partial charge in [-0.15, -0.1) is 0 Å². The Balaban J connectivity index is 1.74. The fourth-order valence-corrected chi connectivity index (χ4v) is 3.81. The van der Waals surface area contributed by atoms with Crippen LogP contribution in [0.5, 0.6) is 0 Å².